The van der Waals surface area contributed by atoms with Gasteiger partial charge in [-0.2, -0.15) is 10.2 Å². The lowest BCUT2D eigenvalue weighted by atomic mass is 9.98. The predicted octanol–water partition coefficient (Wildman–Crippen LogP) is 0.580. The zero-order valence-electron chi connectivity index (χ0n) is 11.5. The fraction of sp³-hybridized carbons (Fsp3) is 0.214. The van der Waals surface area contributed by atoms with Gasteiger partial charge in [0.2, 0.25) is 5.91 Å². The van der Waals surface area contributed by atoms with Crippen molar-refractivity contribution >= 4 is 11.9 Å². The summed E-state index contributed by atoms with van der Waals surface area (Å²) in [6.07, 6.45) is 1.73. The molecule has 2 aromatic rings. The molecule has 0 unspecified atom stereocenters. The van der Waals surface area contributed by atoms with Crippen molar-refractivity contribution < 1.29 is 14.8 Å². The van der Waals surface area contributed by atoms with Gasteiger partial charge in [-0.1, -0.05) is 18.2 Å². The number of carbonyl (C=O) groups is 2. The number of hydrogen-bond donors (Lipinski definition) is 2. The molecule has 1 saturated heterocycles. The van der Waals surface area contributed by atoms with Gasteiger partial charge in [0.15, 0.2) is 6.04 Å². The summed E-state index contributed by atoms with van der Waals surface area (Å²) in [5, 5.41) is 15.0. The molecule has 1 aromatic heterocycles. The minimum atomic E-state index is -0.958. The number of aromatic nitrogens is 2. The van der Waals surface area contributed by atoms with E-state index in [-0.39, 0.29) is 6.54 Å². The highest BCUT2D eigenvalue weighted by molar-refractivity contribution is 5.89. The summed E-state index contributed by atoms with van der Waals surface area (Å²) >= 11 is 0. The molecule has 2 bridgehead atoms. The molecule has 3 N–H and O–H groups in total. The largest absolute Gasteiger partial charge is 0.368 e. The molecule has 2 atom stereocenters. The van der Waals surface area contributed by atoms with Crippen LogP contribution < -0.4 is 5.73 Å². The smallest absolute Gasteiger partial charge is 0.345 e. The van der Waals surface area contributed by atoms with E-state index in [1.54, 1.807) is 10.9 Å². The number of nitrogens with two attached hydrogens (primary N) is 1. The molecule has 0 saturated carbocycles. The fourth-order valence-electron chi connectivity index (χ4n) is 3.07. The molecular formula is C14H13N5O3. The van der Waals surface area contributed by atoms with E-state index in [0.717, 1.165) is 5.69 Å². The second-order valence-corrected chi connectivity index (χ2v) is 5.35. The van der Waals surface area contributed by atoms with Crippen LogP contribution in [0.2, 0.25) is 0 Å². The van der Waals surface area contributed by atoms with Crippen molar-refractivity contribution in [3.8, 4) is 5.69 Å². The number of nitrogens with zero attached hydrogens (tertiary/aromatic N) is 4. The SMILES string of the molecule is NC(=O)[C@@H]1c2nn(-c3ccccc3)cc2[C@@H]2CN1C(=O)N2O. The van der Waals surface area contributed by atoms with E-state index < -0.39 is 24.0 Å². The van der Waals surface area contributed by atoms with Crippen LogP contribution in [0.1, 0.15) is 23.3 Å². The van der Waals surface area contributed by atoms with E-state index in [4.69, 9.17) is 5.73 Å². The Morgan fingerprint density at radius 3 is 2.73 bits per heavy atom. The van der Waals surface area contributed by atoms with Crippen LogP contribution in [0.4, 0.5) is 4.79 Å². The van der Waals surface area contributed by atoms with Crippen LogP contribution in [0.25, 0.3) is 5.69 Å². The number of primary amides is 1. The van der Waals surface area contributed by atoms with Crippen molar-refractivity contribution in [1.29, 1.82) is 0 Å². The lowest BCUT2D eigenvalue weighted by molar-refractivity contribution is -0.122. The number of fused-ring (bicyclic) bond motifs is 4. The van der Waals surface area contributed by atoms with E-state index in [0.29, 0.717) is 16.3 Å². The van der Waals surface area contributed by atoms with Crippen molar-refractivity contribution in [2.75, 3.05) is 6.54 Å². The van der Waals surface area contributed by atoms with Crippen molar-refractivity contribution in [3.63, 3.8) is 0 Å². The fourth-order valence-corrected chi connectivity index (χ4v) is 3.07. The summed E-state index contributed by atoms with van der Waals surface area (Å²) in [4.78, 5) is 25.0. The van der Waals surface area contributed by atoms with Crippen LogP contribution in [0, 0.1) is 0 Å². The molecule has 4 rings (SSSR count). The van der Waals surface area contributed by atoms with Gasteiger partial charge in [-0.05, 0) is 12.1 Å². The van der Waals surface area contributed by atoms with E-state index in [1.807, 2.05) is 30.3 Å². The Balaban J connectivity index is 1.87. The first-order chi connectivity index (χ1) is 10.6. The maximum Gasteiger partial charge on any atom is 0.345 e. The molecule has 3 amide bonds. The van der Waals surface area contributed by atoms with Gasteiger partial charge in [0, 0.05) is 11.8 Å². The molecule has 0 radical (unpaired) electrons. The molecule has 1 fully saturated rings. The molecular weight excluding hydrogens is 286 g/mol. The Hall–Kier alpha value is -2.87. The number of amides is 3. The van der Waals surface area contributed by atoms with Crippen LogP contribution in [0.5, 0.6) is 0 Å². The Bertz CT molecular complexity index is 772. The van der Waals surface area contributed by atoms with Crippen LogP contribution >= 0.6 is 0 Å². The average Bonchev–Trinajstić information content (AvgIpc) is 3.06. The lowest BCUT2D eigenvalue weighted by Crippen LogP contribution is -2.41. The maximum atomic E-state index is 12.0. The highest BCUT2D eigenvalue weighted by Crippen LogP contribution is 2.42. The van der Waals surface area contributed by atoms with E-state index in [1.165, 1.54) is 4.90 Å². The minimum absolute atomic E-state index is 0.219. The van der Waals surface area contributed by atoms with Gasteiger partial charge in [0.1, 0.15) is 11.7 Å². The van der Waals surface area contributed by atoms with Gasteiger partial charge in [-0.3, -0.25) is 10.0 Å². The Kier molecular flexibility index (Phi) is 2.52. The normalized spacial score (nSPS) is 22.9. The lowest BCUT2D eigenvalue weighted by Gasteiger charge is -2.26. The molecule has 8 nitrogen and oxygen atoms in total. The van der Waals surface area contributed by atoms with Gasteiger partial charge in [-0.25, -0.2) is 9.48 Å². The van der Waals surface area contributed by atoms with E-state index >= 15 is 0 Å². The summed E-state index contributed by atoms with van der Waals surface area (Å²) in [6, 6.07) is 7.27. The number of hydrogen-bond acceptors (Lipinski definition) is 4. The molecule has 0 aliphatic carbocycles. The van der Waals surface area contributed by atoms with Crippen LogP contribution in [0.3, 0.4) is 0 Å². The van der Waals surface area contributed by atoms with Gasteiger partial charge < -0.3 is 10.6 Å². The van der Waals surface area contributed by atoms with Crippen LogP contribution in [-0.2, 0) is 4.79 Å². The zero-order chi connectivity index (χ0) is 15.4. The summed E-state index contributed by atoms with van der Waals surface area (Å²) in [7, 11) is 0. The molecule has 22 heavy (non-hydrogen) atoms. The van der Waals surface area contributed by atoms with Crippen molar-refractivity contribution in [2.24, 2.45) is 5.73 Å². The topological polar surface area (TPSA) is 105 Å². The second-order valence-electron chi connectivity index (χ2n) is 5.35. The molecule has 2 aliphatic rings. The second kappa shape index (κ2) is 4.31. The number of benzene rings is 1. The molecule has 112 valence electrons. The molecule has 3 heterocycles. The monoisotopic (exact) mass is 299 g/mol. The number of para-hydroxylation sites is 1. The van der Waals surface area contributed by atoms with Gasteiger partial charge in [0.25, 0.3) is 0 Å². The summed E-state index contributed by atoms with van der Waals surface area (Å²) in [5.74, 6) is -0.665. The van der Waals surface area contributed by atoms with Crippen molar-refractivity contribution in [3.05, 3.63) is 47.8 Å². The van der Waals surface area contributed by atoms with Gasteiger partial charge in [-0.15, -0.1) is 0 Å². The first kappa shape index (κ1) is 12.8. The zero-order valence-corrected chi connectivity index (χ0v) is 11.5. The van der Waals surface area contributed by atoms with Crippen molar-refractivity contribution in [1.82, 2.24) is 19.7 Å². The first-order valence-electron chi connectivity index (χ1n) is 6.81. The van der Waals surface area contributed by atoms with E-state index in [2.05, 4.69) is 5.10 Å². The van der Waals surface area contributed by atoms with Gasteiger partial charge >= 0.3 is 6.03 Å². The molecule has 2 aliphatic heterocycles. The Morgan fingerprint density at radius 2 is 2.05 bits per heavy atom. The highest BCUT2D eigenvalue weighted by Gasteiger charge is 2.51. The number of hydroxylamine groups is 2. The van der Waals surface area contributed by atoms with Crippen LogP contribution in [0.15, 0.2) is 36.5 Å². The average molecular weight is 299 g/mol. The molecule has 0 spiro atoms. The third-order valence-electron chi connectivity index (χ3n) is 4.10. The van der Waals surface area contributed by atoms with E-state index in [9.17, 15) is 14.8 Å². The Labute approximate surface area is 125 Å². The number of carbonyl (C=O) groups excluding carboxylic acids is 2. The Morgan fingerprint density at radius 1 is 1.32 bits per heavy atom. The minimum Gasteiger partial charge on any atom is -0.368 e. The summed E-state index contributed by atoms with van der Waals surface area (Å²) in [6.45, 7) is 0.219. The highest BCUT2D eigenvalue weighted by atomic mass is 16.5. The standard InChI is InChI=1S/C14H13N5O3/c15-13(20)12-11-9(10-7-17(12)14(21)19(10)22)6-18(16-11)8-4-2-1-3-5-8/h1-6,10,12,22H,7H2,(H2,15,20)/t10-,12-/m0/s1. The third-order valence-corrected chi connectivity index (χ3v) is 4.10. The number of urea groups is 1. The first-order valence-corrected chi connectivity index (χ1v) is 6.81. The quantitative estimate of drug-likeness (QED) is 0.791. The molecule has 1 aromatic carbocycles. The van der Waals surface area contributed by atoms with Crippen molar-refractivity contribution in [2.45, 2.75) is 12.1 Å². The summed E-state index contributed by atoms with van der Waals surface area (Å²) in [5.41, 5.74) is 7.31. The molecule has 8 heteroatoms. The number of rotatable bonds is 2. The third kappa shape index (κ3) is 1.58. The predicted molar refractivity (Wildman–Crippen MR) is 74.0 cm³/mol. The summed E-state index contributed by atoms with van der Waals surface area (Å²) < 4.78 is 1.63. The van der Waals surface area contributed by atoms with Crippen LogP contribution in [-0.4, -0.2) is 43.4 Å². The van der Waals surface area contributed by atoms with Gasteiger partial charge in [0.05, 0.1) is 12.2 Å². The maximum absolute atomic E-state index is 12.0.